The summed E-state index contributed by atoms with van der Waals surface area (Å²) in [6, 6.07) is 6.26. The third-order valence-corrected chi connectivity index (χ3v) is 3.93. The number of imidazole rings is 1. The van der Waals surface area contributed by atoms with Gasteiger partial charge in [0.05, 0.1) is 29.2 Å². The largest absolute Gasteiger partial charge is 0.397 e. The smallest absolute Gasteiger partial charge is 0.279 e. The van der Waals surface area contributed by atoms with Crippen LogP contribution in [0.2, 0.25) is 0 Å². The minimum Gasteiger partial charge on any atom is -0.397 e. The molecule has 0 aliphatic carbocycles. The van der Waals surface area contributed by atoms with E-state index in [1.165, 1.54) is 24.4 Å². The van der Waals surface area contributed by atoms with Crippen LogP contribution in [0, 0.1) is 11.3 Å². The third-order valence-electron chi connectivity index (χ3n) is 2.65. The van der Waals surface area contributed by atoms with Crippen LogP contribution in [0.25, 0.3) is 0 Å². The maximum Gasteiger partial charge on any atom is 0.279 e. The van der Waals surface area contributed by atoms with Gasteiger partial charge in [0.15, 0.2) is 5.03 Å². The van der Waals surface area contributed by atoms with E-state index >= 15 is 0 Å². The molecule has 0 bridgehead atoms. The maximum absolute atomic E-state index is 12.1. The zero-order valence-corrected chi connectivity index (χ0v) is 11.5. The van der Waals surface area contributed by atoms with E-state index in [0.29, 0.717) is 17.8 Å². The molecule has 0 atom stereocenters. The summed E-state index contributed by atoms with van der Waals surface area (Å²) in [6.45, 7) is 1.86. The van der Waals surface area contributed by atoms with Gasteiger partial charge in [-0.2, -0.15) is 13.7 Å². The highest BCUT2D eigenvalue weighted by Gasteiger charge is 2.18. The molecule has 4 N–H and O–H groups in total. The molecule has 0 amide bonds. The van der Waals surface area contributed by atoms with Gasteiger partial charge in [0.2, 0.25) is 0 Å². The molecule has 0 aliphatic rings. The molecule has 0 aliphatic heterocycles. The molecule has 104 valence electrons. The van der Waals surface area contributed by atoms with Gasteiger partial charge in [0, 0.05) is 6.42 Å². The molecular formula is C12H13N5O2S. The standard InChI is InChI=1S/C12H13N5O2S/c1-2-11-15-7-12(16-11)20(18,19)17-10-4-3-8(6-13)5-9(10)14/h3-5,7,17H,2,14H2,1H3,(H,15,16). The lowest BCUT2D eigenvalue weighted by atomic mass is 10.2. The summed E-state index contributed by atoms with van der Waals surface area (Å²) in [6.07, 6.45) is 1.86. The van der Waals surface area contributed by atoms with Gasteiger partial charge in [0.25, 0.3) is 10.0 Å². The van der Waals surface area contributed by atoms with Gasteiger partial charge < -0.3 is 10.7 Å². The number of benzene rings is 1. The van der Waals surface area contributed by atoms with Gasteiger partial charge in [-0.05, 0) is 18.2 Å². The Hall–Kier alpha value is -2.53. The summed E-state index contributed by atoms with van der Waals surface area (Å²) in [4.78, 5) is 6.65. The van der Waals surface area contributed by atoms with Crippen molar-refractivity contribution < 1.29 is 8.42 Å². The number of aromatic amines is 1. The first-order valence-corrected chi connectivity index (χ1v) is 7.31. The summed E-state index contributed by atoms with van der Waals surface area (Å²) in [7, 11) is -3.78. The molecule has 0 unspecified atom stereocenters. The molecule has 20 heavy (non-hydrogen) atoms. The Morgan fingerprint density at radius 2 is 2.25 bits per heavy atom. The number of hydrogen-bond acceptors (Lipinski definition) is 5. The predicted octanol–water partition coefficient (Wildman–Crippen LogP) is 1.23. The number of nitrogen functional groups attached to an aromatic ring is 1. The highest BCUT2D eigenvalue weighted by atomic mass is 32.2. The van der Waals surface area contributed by atoms with Gasteiger partial charge in [-0.1, -0.05) is 6.92 Å². The predicted molar refractivity (Wildman–Crippen MR) is 74.3 cm³/mol. The van der Waals surface area contributed by atoms with E-state index < -0.39 is 10.0 Å². The van der Waals surface area contributed by atoms with Crippen molar-refractivity contribution in [3.8, 4) is 6.07 Å². The second-order valence-electron chi connectivity index (χ2n) is 4.07. The van der Waals surface area contributed by atoms with Crippen LogP contribution in [0.1, 0.15) is 18.3 Å². The number of aryl methyl sites for hydroxylation is 1. The molecule has 2 rings (SSSR count). The van der Waals surface area contributed by atoms with Gasteiger partial charge in [0.1, 0.15) is 5.82 Å². The Balaban J connectivity index is 2.31. The van der Waals surface area contributed by atoms with E-state index in [4.69, 9.17) is 11.0 Å². The summed E-state index contributed by atoms with van der Waals surface area (Å²) >= 11 is 0. The van der Waals surface area contributed by atoms with Crippen LogP contribution in [0.5, 0.6) is 0 Å². The second kappa shape index (κ2) is 5.22. The fraction of sp³-hybridized carbons (Fsp3) is 0.167. The highest BCUT2D eigenvalue weighted by Crippen LogP contribution is 2.22. The van der Waals surface area contributed by atoms with Gasteiger partial charge in [-0.15, -0.1) is 0 Å². The summed E-state index contributed by atoms with van der Waals surface area (Å²) in [5.74, 6) is 0.582. The Bertz CT molecular complexity index is 773. The van der Waals surface area contributed by atoms with Crippen LogP contribution < -0.4 is 10.5 Å². The lowest BCUT2D eigenvalue weighted by Gasteiger charge is -2.08. The minimum atomic E-state index is -3.78. The number of nitrogens with zero attached hydrogens (tertiary/aromatic N) is 2. The quantitative estimate of drug-likeness (QED) is 0.730. The van der Waals surface area contributed by atoms with E-state index in [2.05, 4.69) is 14.7 Å². The van der Waals surface area contributed by atoms with Crippen molar-refractivity contribution in [2.24, 2.45) is 0 Å². The van der Waals surface area contributed by atoms with Gasteiger partial charge in [-0.25, -0.2) is 4.98 Å². The lowest BCUT2D eigenvalue weighted by Crippen LogP contribution is -2.14. The van der Waals surface area contributed by atoms with Crippen LogP contribution in [0.3, 0.4) is 0 Å². The fourth-order valence-electron chi connectivity index (χ4n) is 1.58. The zero-order chi connectivity index (χ0) is 14.8. The number of H-pyrrole nitrogens is 1. The molecule has 0 saturated carbocycles. The third kappa shape index (κ3) is 2.73. The Labute approximate surface area is 116 Å². The number of rotatable bonds is 4. The zero-order valence-electron chi connectivity index (χ0n) is 10.7. The van der Waals surface area contributed by atoms with E-state index in [-0.39, 0.29) is 16.4 Å². The number of hydrogen-bond donors (Lipinski definition) is 3. The van der Waals surface area contributed by atoms with Crippen molar-refractivity contribution in [1.29, 1.82) is 5.26 Å². The number of nitriles is 1. The average molecular weight is 291 g/mol. The van der Waals surface area contributed by atoms with Crippen LogP contribution >= 0.6 is 0 Å². The Morgan fingerprint density at radius 3 is 2.80 bits per heavy atom. The molecule has 0 spiro atoms. The summed E-state index contributed by atoms with van der Waals surface area (Å²) in [5, 5.41) is 8.71. The van der Waals surface area contributed by atoms with E-state index in [0.717, 1.165) is 0 Å². The van der Waals surface area contributed by atoms with Crippen molar-refractivity contribution >= 4 is 21.4 Å². The molecule has 0 fully saturated rings. The number of sulfonamides is 1. The Kier molecular flexibility index (Phi) is 3.63. The Morgan fingerprint density at radius 1 is 1.50 bits per heavy atom. The molecule has 1 aromatic heterocycles. The van der Waals surface area contributed by atoms with Crippen molar-refractivity contribution in [1.82, 2.24) is 9.97 Å². The lowest BCUT2D eigenvalue weighted by molar-refractivity contribution is 0.598. The minimum absolute atomic E-state index is 0.0295. The molecule has 8 heteroatoms. The van der Waals surface area contributed by atoms with Crippen molar-refractivity contribution in [2.45, 2.75) is 18.4 Å². The number of nitrogens with two attached hydrogens (primary N) is 1. The molecule has 0 saturated heterocycles. The monoisotopic (exact) mass is 291 g/mol. The first-order valence-electron chi connectivity index (χ1n) is 5.82. The van der Waals surface area contributed by atoms with Crippen LogP contribution in [0.15, 0.2) is 29.4 Å². The first kappa shape index (κ1) is 13.9. The maximum atomic E-state index is 12.1. The van der Waals surface area contributed by atoms with Crippen molar-refractivity contribution in [3.63, 3.8) is 0 Å². The average Bonchev–Trinajstić information content (AvgIpc) is 2.90. The SMILES string of the molecule is CCc1ncc(S(=O)(=O)Nc2ccc(C#N)cc2N)[nH]1. The van der Waals surface area contributed by atoms with Crippen molar-refractivity contribution in [3.05, 3.63) is 35.8 Å². The molecular weight excluding hydrogens is 278 g/mol. The van der Waals surface area contributed by atoms with E-state index in [1.807, 2.05) is 13.0 Å². The molecule has 2 aromatic rings. The number of anilines is 2. The van der Waals surface area contributed by atoms with Crippen LogP contribution in [-0.2, 0) is 16.4 Å². The van der Waals surface area contributed by atoms with E-state index in [9.17, 15) is 8.42 Å². The van der Waals surface area contributed by atoms with Crippen LogP contribution in [0.4, 0.5) is 11.4 Å². The fourth-order valence-corrected chi connectivity index (χ4v) is 2.61. The molecule has 1 heterocycles. The second-order valence-corrected chi connectivity index (χ2v) is 5.72. The molecule has 1 aromatic carbocycles. The molecule has 7 nitrogen and oxygen atoms in total. The summed E-state index contributed by atoms with van der Waals surface area (Å²) < 4.78 is 26.6. The summed E-state index contributed by atoms with van der Waals surface area (Å²) in [5.41, 5.74) is 6.47. The van der Waals surface area contributed by atoms with Crippen LogP contribution in [-0.4, -0.2) is 18.4 Å². The normalized spacial score (nSPS) is 11.0. The van der Waals surface area contributed by atoms with Crippen molar-refractivity contribution in [2.75, 3.05) is 10.5 Å². The number of nitrogens with one attached hydrogen (secondary N) is 2. The highest BCUT2D eigenvalue weighted by molar-refractivity contribution is 7.92. The topological polar surface area (TPSA) is 125 Å². The van der Waals surface area contributed by atoms with Gasteiger partial charge >= 0.3 is 0 Å². The van der Waals surface area contributed by atoms with Gasteiger partial charge in [-0.3, -0.25) is 4.72 Å². The number of aromatic nitrogens is 2. The molecule has 0 radical (unpaired) electrons. The first-order chi connectivity index (χ1) is 9.46. The van der Waals surface area contributed by atoms with E-state index in [1.54, 1.807) is 0 Å².